The fourth-order valence-corrected chi connectivity index (χ4v) is 4.22. The van der Waals surface area contributed by atoms with Gasteiger partial charge in [0.1, 0.15) is 0 Å². The molecule has 0 spiro atoms. The summed E-state index contributed by atoms with van der Waals surface area (Å²) in [5, 5.41) is 9.65. The highest BCUT2D eigenvalue weighted by atomic mass is 16.3. The molecule has 1 heterocycles. The molecule has 4 atom stereocenters. The molecule has 4 unspecified atom stereocenters. The van der Waals surface area contributed by atoms with Crippen LogP contribution in [-0.2, 0) is 0 Å². The minimum Gasteiger partial charge on any atom is -0.393 e. The quantitative estimate of drug-likeness (QED) is 0.607. The van der Waals surface area contributed by atoms with Crippen LogP contribution in [0.3, 0.4) is 0 Å². The number of hydrogen-bond donors (Lipinski definition) is 1. The Morgan fingerprint density at radius 1 is 1.20 bits per heavy atom. The zero-order valence-electron chi connectivity index (χ0n) is 13.5. The lowest BCUT2D eigenvalue weighted by Crippen LogP contribution is -2.42. The van der Waals surface area contributed by atoms with Crippen LogP contribution in [0.1, 0.15) is 65.2 Å². The number of unbranched alkanes of at least 4 members (excludes halogenated alkanes) is 1. The topological polar surface area (TPSA) is 23.5 Å². The maximum Gasteiger partial charge on any atom is 0.0567 e. The maximum absolute atomic E-state index is 9.65. The van der Waals surface area contributed by atoms with Crippen molar-refractivity contribution in [3.8, 4) is 0 Å². The van der Waals surface area contributed by atoms with Crippen molar-refractivity contribution >= 4 is 0 Å². The highest BCUT2D eigenvalue weighted by Gasteiger charge is 2.24. The van der Waals surface area contributed by atoms with E-state index in [1.54, 1.807) is 0 Å². The molecule has 2 nitrogen and oxygen atoms in total. The molecule has 2 rings (SSSR count). The molecule has 1 saturated heterocycles. The van der Waals surface area contributed by atoms with Crippen LogP contribution in [-0.4, -0.2) is 35.2 Å². The van der Waals surface area contributed by atoms with Gasteiger partial charge in [-0.15, -0.1) is 0 Å². The zero-order valence-corrected chi connectivity index (χ0v) is 13.5. The predicted octanol–water partition coefficient (Wildman–Crippen LogP) is 3.99. The molecule has 2 fully saturated rings. The van der Waals surface area contributed by atoms with E-state index in [1.165, 1.54) is 50.6 Å². The number of likely N-dealkylation sites (tertiary alicyclic amines) is 1. The van der Waals surface area contributed by atoms with Gasteiger partial charge in [-0.05, 0) is 63.8 Å². The molecule has 1 saturated carbocycles. The van der Waals surface area contributed by atoms with Crippen LogP contribution >= 0.6 is 0 Å². The van der Waals surface area contributed by atoms with Gasteiger partial charge in [-0.1, -0.05) is 31.9 Å². The molecule has 1 aliphatic carbocycles. The third-order valence-electron chi connectivity index (χ3n) is 5.24. The van der Waals surface area contributed by atoms with Crippen LogP contribution in [0.25, 0.3) is 0 Å². The molecule has 0 aromatic rings. The average Bonchev–Trinajstić information content (AvgIpc) is 2.35. The SMILES string of the molecule is C=C1CC(C)CC(CCCCN2CCC(O)CC2C)C1. The first-order valence-corrected chi connectivity index (χ1v) is 8.63. The van der Waals surface area contributed by atoms with Crippen molar-refractivity contribution in [3.63, 3.8) is 0 Å². The first kappa shape index (κ1) is 16.0. The van der Waals surface area contributed by atoms with Crippen LogP contribution in [0.2, 0.25) is 0 Å². The van der Waals surface area contributed by atoms with Crippen molar-refractivity contribution in [1.82, 2.24) is 4.90 Å². The number of piperidine rings is 1. The summed E-state index contributed by atoms with van der Waals surface area (Å²) in [6, 6.07) is 0.563. The van der Waals surface area contributed by atoms with Gasteiger partial charge in [0.2, 0.25) is 0 Å². The summed E-state index contributed by atoms with van der Waals surface area (Å²) in [4.78, 5) is 2.56. The number of nitrogens with zero attached hydrogens (tertiary/aromatic N) is 1. The minimum absolute atomic E-state index is 0.0593. The van der Waals surface area contributed by atoms with Crippen LogP contribution < -0.4 is 0 Å². The Kier molecular flexibility index (Phi) is 6.10. The summed E-state index contributed by atoms with van der Waals surface area (Å²) in [6.45, 7) is 11.1. The molecule has 20 heavy (non-hydrogen) atoms. The third kappa shape index (κ3) is 4.89. The fourth-order valence-electron chi connectivity index (χ4n) is 4.22. The van der Waals surface area contributed by atoms with Gasteiger partial charge in [-0.2, -0.15) is 0 Å². The standard InChI is InChI=1S/C18H33NO/c1-14-10-15(2)12-17(11-14)6-4-5-8-19-9-7-18(20)13-16(19)3/h15-18,20H,1,4-13H2,2-3H3. The second kappa shape index (κ2) is 7.61. The van der Waals surface area contributed by atoms with E-state index in [2.05, 4.69) is 25.3 Å². The molecular formula is C18H33NO. The molecule has 2 aliphatic rings. The van der Waals surface area contributed by atoms with E-state index >= 15 is 0 Å². The summed E-state index contributed by atoms with van der Waals surface area (Å²) >= 11 is 0. The largest absolute Gasteiger partial charge is 0.393 e. The highest BCUT2D eigenvalue weighted by Crippen LogP contribution is 2.34. The van der Waals surface area contributed by atoms with Gasteiger partial charge in [0, 0.05) is 12.6 Å². The summed E-state index contributed by atoms with van der Waals surface area (Å²) < 4.78 is 0. The van der Waals surface area contributed by atoms with E-state index < -0.39 is 0 Å². The lowest BCUT2D eigenvalue weighted by atomic mass is 9.78. The van der Waals surface area contributed by atoms with E-state index in [1.807, 2.05) is 0 Å². The van der Waals surface area contributed by atoms with Gasteiger partial charge >= 0.3 is 0 Å². The molecule has 0 amide bonds. The van der Waals surface area contributed by atoms with Gasteiger partial charge in [-0.3, -0.25) is 0 Å². The molecule has 0 aromatic carbocycles. The van der Waals surface area contributed by atoms with Crippen molar-refractivity contribution < 1.29 is 5.11 Å². The average molecular weight is 279 g/mol. The second-order valence-corrected chi connectivity index (χ2v) is 7.42. The van der Waals surface area contributed by atoms with Crippen LogP contribution in [0.5, 0.6) is 0 Å². The smallest absolute Gasteiger partial charge is 0.0567 e. The molecule has 0 bridgehead atoms. The third-order valence-corrected chi connectivity index (χ3v) is 5.24. The van der Waals surface area contributed by atoms with Crippen molar-refractivity contribution in [2.75, 3.05) is 13.1 Å². The highest BCUT2D eigenvalue weighted by molar-refractivity contribution is 5.01. The fraction of sp³-hybridized carbons (Fsp3) is 0.889. The zero-order chi connectivity index (χ0) is 14.5. The monoisotopic (exact) mass is 279 g/mol. The Hall–Kier alpha value is -0.340. The number of aliphatic hydroxyl groups excluding tert-OH is 1. The first-order valence-electron chi connectivity index (χ1n) is 8.63. The Balaban J connectivity index is 1.60. The molecule has 2 heteroatoms. The lowest BCUT2D eigenvalue weighted by molar-refractivity contribution is 0.0473. The maximum atomic E-state index is 9.65. The van der Waals surface area contributed by atoms with Gasteiger partial charge in [-0.25, -0.2) is 0 Å². The Morgan fingerprint density at radius 2 is 2.00 bits per heavy atom. The number of allylic oxidation sites excluding steroid dienone is 1. The molecule has 0 radical (unpaired) electrons. The summed E-state index contributed by atoms with van der Waals surface area (Å²) in [5.74, 6) is 1.75. The van der Waals surface area contributed by atoms with Crippen LogP contribution in [0, 0.1) is 11.8 Å². The number of rotatable bonds is 5. The molecule has 1 N–H and O–H groups in total. The second-order valence-electron chi connectivity index (χ2n) is 7.42. The van der Waals surface area contributed by atoms with Gasteiger partial charge in [0.25, 0.3) is 0 Å². The Labute approximate surface area is 125 Å². The Morgan fingerprint density at radius 3 is 2.70 bits per heavy atom. The van der Waals surface area contributed by atoms with E-state index in [4.69, 9.17) is 0 Å². The Bertz CT molecular complexity index is 315. The van der Waals surface area contributed by atoms with Crippen LogP contribution in [0.15, 0.2) is 12.2 Å². The van der Waals surface area contributed by atoms with Crippen molar-refractivity contribution in [2.45, 2.75) is 77.4 Å². The summed E-state index contributed by atoms with van der Waals surface area (Å²) in [5.41, 5.74) is 1.48. The van der Waals surface area contributed by atoms with Gasteiger partial charge in [0.05, 0.1) is 6.10 Å². The van der Waals surface area contributed by atoms with E-state index in [9.17, 15) is 5.11 Å². The minimum atomic E-state index is -0.0593. The summed E-state index contributed by atoms with van der Waals surface area (Å²) in [7, 11) is 0. The van der Waals surface area contributed by atoms with Crippen molar-refractivity contribution in [2.24, 2.45) is 11.8 Å². The van der Waals surface area contributed by atoms with E-state index in [-0.39, 0.29) is 6.10 Å². The van der Waals surface area contributed by atoms with E-state index in [0.717, 1.165) is 31.2 Å². The van der Waals surface area contributed by atoms with Crippen LogP contribution in [0.4, 0.5) is 0 Å². The van der Waals surface area contributed by atoms with Gasteiger partial charge < -0.3 is 10.0 Å². The van der Waals surface area contributed by atoms with Crippen molar-refractivity contribution in [1.29, 1.82) is 0 Å². The molecule has 0 aromatic heterocycles. The van der Waals surface area contributed by atoms with Crippen molar-refractivity contribution in [3.05, 3.63) is 12.2 Å². The molecule has 116 valence electrons. The summed E-state index contributed by atoms with van der Waals surface area (Å²) in [6.07, 6.45) is 9.86. The molecular weight excluding hydrogens is 246 g/mol. The van der Waals surface area contributed by atoms with Gasteiger partial charge in [0.15, 0.2) is 0 Å². The first-order chi connectivity index (χ1) is 9.54. The normalized spacial score (nSPS) is 36.2. The number of aliphatic hydroxyl groups is 1. The van der Waals surface area contributed by atoms with E-state index in [0.29, 0.717) is 6.04 Å². The lowest BCUT2D eigenvalue weighted by Gasteiger charge is -2.36. The predicted molar refractivity (Wildman–Crippen MR) is 85.8 cm³/mol. The molecule has 1 aliphatic heterocycles. The number of hydrogen-bond acceptors (Lipinski definition) is 2.